The average molecular weight is 567 g/mol. The van der Waals surface area contributed by atoms with Crippen molar-refractivity contribution in [1.29, 1.82) is 0 Å². The zero-order valence-corrected chi connectivity index (χ0v) is 23.5. The molecule has 2 atom stereocenters. The molecule has 11 nitrogen and oxygen atoms in total. The Kier molecular flexibility index (Phi) is 7.74. The van der Waals surface area contributed by atoms with Crippen LogP contribution in [0, 0.1) is 5.41 Å². The maximum absolute atomic E-state index is 13.9. The molecule has 2 aromatic rings. The summed E-state index contributed by atoms with van der Waals surface area (Å²) >= 11 is 0. The number of rotatable bonds is 9. The summed E-state index contributed by atoms with van der Waals surface area (Å²) in [6, 6.07) is 4.41. The van der Waals surface area contributed by atoms with Gasteiger partial charge in [-0.15, -0.1) is 0 Å². The molecule has 1 aromatic carbocycles. The molecule has 3 aliphatic rings. The van der Waals surface area contributed by atoms with E-state index in [1.807, 2.05) is 18.2 Å². The summed E-state index contributed by atoms with van der Waals surface area (Å²) < 4.78 is 33.1. The lowest BCUT2D eigenvalue weighted by atomic mass is 9.82. The van der Waals surface area contributed by atoms with Crippen LogP contribution in [0.4, 0.5) is 0 Å². The van der Waals surface area contributed by atoms with Crippen molar-refractivity contribution in [1.82, 2.24) is 19.9 Å². The lowest BCUT2D eigenvalue weighted by molar-refractivity contribution is -0.135. The van der Waals surface area contributed by atoms with Gasteiger partial charge in [-0.05, 0) is 56.1 Å². The van der Waals surface area contributed by atoms with Gasteiger partial charge in [0.25, 0.3) is 21.8 Å². The molecule has 212 valence electrons. The Morgan fingerprint density at radius 3 is 2.67 bits per heavy atom. The van der Waals surface area contributed by atoms with Crippen LogP contribution in [-0.2, 0) is 14.8 Å². The largest absolute Gasteiger partial charge is 0.330 e. The highest BCUT2D eigenvalue weighted by atomic mass is 32.2. The van der Waals surface area contributed by atoms with Gasteiger partial charge in [0, 0.05) is 11.1 Å². The fourth-order valence-corrected chi connectivity index (χ4v) is 6.91. The van der Waals surface area contributed by atoms with Crippen LogP contribution >= 0.6 is 0 Å². The summed E-state index contributed by atoms with van der Waals surface area (Å²) in [4.78, 5) is 36.3. The number of allylic oxidation sites excluding steroid dienone is 4. The second kappa shape index (κ2) is 11.1. The molecule has 0 radical (unpaired) electrons. The zero-order valence-electron chi connectivity index (χ0n) is 22.7. The third-order valence-corrected chi connectivity index (χ3v) is 9.30. The number of nitrogens with zero attached hydrogens (tertiary/aromatic N) is 4. The maximum Gasteiger partial charge on any atom is 0.296 e. The molecular weight excluding hydrogens is 532 g/mol. The Labute approximate surface area is 233 Å². The van der Waals surface area contributed by atoms with Gasteiger partial charge in [-0.2, -0.15) is 4.98 Å². The first-order chi connectivity index (χ1) is 19.1. The van der Waals surface area contributed by atoms with Crippen molar-refractivity contribution in [3.05, 3.63) is 59.8 Å². The number of nitrogens with one attached hydrogen (secondary N) is 1. The zero-order chi connectivity index (χ0) is 28.5. The predicted molar refractivity (Wildman–Crippen MR) is 148 cm³/mol. The van der Waals surface area contributed by atoms with E-state index in [0.29, 0.717) is 17.8 Å². The van der Waals surface area contributed by atoms with Crippen molar-refractivity contribution >= 4 is 33.1 Å². The summed E-state index contributed by atoms with van der Waals surface area (Å²) in [6.45, 7) is 3.84. The third-order valence-electron chi connectivity index (χ3n) is 7.90. The number of hydrogen-bond acceptors (Lipinski definition) is 9. The molecule has 2 heterocycles. The number of aromatic nitrogens is 2. The van der Waals surface area contributed by atoms with Crippen molar-refractivity contribution in [3.8, 4) is 0 Å². The van der Waals surface area contributed by atoms with E-state index in [1.165, 1.54) is 6.07 Å². The second-order valence-corrected chi connectivity index (χ2v) is 12.6. The molecular formula is C28H34N6O5S. The van der Waals surface area contributed by atoms with E-state index in [2.05, 4.69) is 26.8 Å². The topological polar surface area (TPSA) is 161 Å². The molecule has 40 heavy (non-hydrogen) atoms. The van der Waals surface area contributed by atoms with Crippen LogP contribution in [0.1, 0.15) is 87.3 Å². The Hall–Kier alpha value is -3.64. The highest BCUT2D eigenvalue weighted by Gasteiger charge is 2.40. The molecule has 1 aliphatic heterocycles. The van der Waals surface area contributed by atoms with E-state index in [9.17, 15) is 18.0 Å². The monoisotopic (exact) mass is 566 g/mol. The maximum atomic E-state index is 13.9. The summed E-state index contributed by atoms with van der Waals surface area (Å²) in [5.74, 6) is 5.36. The van der Waals surface area contributed by atoms with Crippen molar-refractivity contribution in [2.45, 2.75) is 82.2 Å². The van der Waals surface area contributed by atoms with Crippen LogP contribution < -0.4 is 10.6 Å². The quantitative estimate of drug-likeness (QED) is 0.202. The number of carbonyl (C=O) groups is 2. The smallest absolute Gasteiger partial charge is 0.296 e. The lowest BCUT2D eigenvalue weighted by Gasteiger charge is -2.31. The molecule has 0 spiro atoms. The first-order valence-corrected chi connectivity index (χ1v) is 15.1. The predicted octanol–water partition coefficient (Wildman–Crippen LogP) is 3.54. The van der Waals surface area contributed by atoms with E-state index in [-0.39, 0.29) is 28.5 Å². The second-order valence-electron chi connectivity index (χ2n) is 10.9. The Bertz CT molecular complexity index is 1500. The number of carbonyl (C=O) groups excluding carboxylic acids is 2. The van der Waals surface area contributed by atoms with Crippen molar-refractivity contribution in [3.63, 3.8) is 0 Å². The molecule has 5 rings (SSSR count). The van der Waals surface area contributed by atoms with E-state index >= 15 is 0 Å². The van der Waals surface area contributed by atoms with Crippen LogP contribution in [0.2, 0.25) is 0 Å². The van der Waals surface area contributed by atoms with Gasteiger partial charge in [-0.25, -0.2) is 14.3 Å². The number of sulfonamides is 1. The van der Waals surface area contributed by atoms with Gasteiger partial charge in [-0.1, -0.05) is 62.2 Å². The van der Waals surface area contributed by atoms with Gasteiger partial charge < -0.3 is 4.52 Å². The number of hydrazine groups is 1. The molecule has 0 saturated heterocycles. The summed E-state index contributed by atoms with van der Waals surface area (Å²) in [7, 11) is -3.79. The fraction of sp³-hybridized carbons (Fsp3) is 0.464. The molecule has 2 aliphatic carbocycles. The normalized spacial score (nSPS) is 21.4. The minimum Gasteiger partial charge on any atom is -0.330 e. The summed E-state index contributed by atoms with van der Waals surface area (Å²) in [5.41, 5.74) is 0.993. The van der Waals surface area contributed by atoms with E-state index in [4.69, 9.17) is 10.4 Å². The highest BCUT2D eigenvalue weighted by Crippen LogP contribution is 2.42. The minimum absolute atomic E-state index is 0.0960. The van der Waals surface area contributed by atoms with E-state index in [1.54, 1.807) is 25.1 Å². The molecule has 1 amide bonds. The number of aliphatic imine (C=N–C) groups is 1. The van der Waals surface area contributed by atoms with Crippen molar-refractivity contribution in [2.24, 2.45) is 16.3 Å². The number of benzene rings is 1. The number of amidine groups is 1. The van der Waals surface area contributed by atoms with Gasteiger partial charge in [0.2, 0.25) is 11.6 Å². The van der Waals surface area contributed by atoms with Crippen molar-refractivity contribution in [2.75, 3.05) is 0 Å². The van der Waals surface area contributed by atoms with E-state index < -0.39 is 33.8 Å². The van der Waals surface area contributed by atoms with Crippen LogP contribution in [-0.4, -0.2) is 53.2 Å². The molecule has 1 aromatic heterocycles. The SMILES string of the molecule is CC[C@@H](C(=O)c1nc(C2=CCCC=C2)no1)N(N)C(=O)C(CC1(C)CCCC1)N=C1NS(=O)(=O)c2ccccc21. The van der Waals surface area contributed by atoms with Crippen LogP contribution in [0.15, 0.2) is 56.9 Å². The Morgan fingerprint density at radius 1 is 1.23 bits per heavy atom. The Balaban J connectivity index is 1.43. The number of nitrogens with two attached hydrogens (primary N) is 1. The van der Waals surface area contributed by atoms with Crippen LogP contribution in [0.3, 0.4) is 0 Å². The highest BCUT2D eigenvalue weighted by molar-refractivity contribution is 7.90. The number of Topliss-reactive ketones (excluding diaryl/α,β-unsaturated/α-hetero) is 1. The first kappa shape index (κ1) is 27.9. The molecule has 1 unspecified atom stereocenters. The molecule has 3 N–H and O–H groups in total. The fourth-order valence-electron chi connectivity index (χ4n) is 5.67. The lowest BCUT2D eigenvalue weighted by Crippen LogP contribution is -2.53. The van der Waals surface area contributed by atoms with Gasteiger partial charge in [0.05, 0.1) is 4.90 Å². The molecule has 1 fully saturated rings. The van der Waals surface area contributed by atoms with Crippen LogP contribution in [0.25, 0.3) is 5.57 Å². The van der Waals surface area contributed by atoms with Crippen molar-refractivity contribution < 1.29 is 22.5 Å². The standard InChI is InChI=1S/C28H34N6O5S/c1-3-21(23(35)26-31-24(32-39-26)18-11-5-4-6-12-18)34(29)27(36)20(17-28(2)15-9-10-16-28)30-25-19-13-7-8-14-22(19)40(37,38)33-25/h5,7-8,11-14,20-21H,3-4,6,9-10,15-17,29H2,1-2H3,(H,30,33)/t20?,21-/m0/s1. The number of hydrogen-bond donors (Lipinski definition) is 2. The van der Waals surface area contributed by atoms with Gasteiger partial charge >= 0.3 is 0 Å². The number of amides is 1. The summed E-state index contributed by atoms with van der Waals surface area (Å²) in [5, 5.41) is 4.84. The molecule has 1 saturated carbocycles. The molecule has 0 bridgehead atoms. The minimum atomic E-state index is -3.79. The molecule has 12 heteroatoms. The van der Waals surface area contributed by atoms with E-state index in [0.717, 1.165) is 49.1 Å². The van der Waals surface area contributed by atoms with Gasteiger partial charge in [-0.3, -0.25) is 24.3 Å². The Morgan fingerprint density at radius 2 is 1.98 bits per heavy atom. The number of fused-ring (bicyclic) bond motifs is 1. The summed E-state index contributed by atoms with van der Waals surface area (Å²) in [6.07, 6.45) is 12.1. The number of ketones is 1. The first-order valence-electron chi connectivity index (χ1n) is 13.6. The van der Waals surface area contributed by atoms with Crippen LogP contribution in [0.5, 0.6) is 0 Å². The third kappa shape index (κ3) is 5.50. The average Bonchev–Trinajstić information content (AvgIpc) is 3.67. The van der Waals surface area contributed by atoms with Gasteiger partial charge in [0.1, 0.15) is 17.9 Å². The van der Waals surface area contributed by atoms with Gasteiger partial charge in [0.15, 0.2) is 0 Å².